The molecule has 214 valence electrons. The van der Waals surface area contributed by atoms with Crippen molar-refractivity contribution in [3.8, 4) is 5.75 Å². The van der Waals surface area contributed by atoms with Gasteiger partial charge >= 0.3 is 5.97 Å². The fourth-order valence-corrected chi connectivity index (χ4v) is 5.23. The molecule has 1 aromatic heterocycles. The van der Waals surface area contributed by atoms with Crippen LogP contribution in [0.25, 0.3) is 0 Å². The van der Waals surface area contributed by atoms with E-state index in [9.17, 15) is 24.0 Å². The number of esters is 1. The maximum atomic E-state index is 13.5. The van der Waals surface area contributed by atoms with Gasteiger partial charge in [-0.3, -0.25) is 24.0 Å². The molecular weight excluding hydrogens is 522 g/mol. The Hall–Kier alpha value is -4.49. The van der Waals surface area contributed by atoms with Crippen LogP contribution in [0.5, 0.6) is 5.75 Å². The van der Waals surface area contributed by atoms with Crippen molar-refractivity contribution >= 4 is 29.6 Å². The van der Waals surface area contributed by atoms with E-state index in [0.29, 0.717) is 31.6 Å². The van der Waals surface area contributed by atoms with Crippen molar-refractivity contribution in [2.75, 3.05) is 26.7 Å². The monoisotopic (exact) mass is 555 g/mol. The summed E-state index contributed by atoms with van der Waals surface area (Å²) in [6, 6.07) is 6.22. The number of β-lactam (4-membered cyclic amide) rings is 1. The number of amides is 4. The van der Waals surface area contributed by atoms with Crippen LogP contribution in [0.3, 0.4) is 0 Å². The minimum atomic E-state index is -1.25. The number of hydrogen-bond donors (Lipinski definition) is 2. The van der Waals surface area contributed by atoms with Crippen LogP contribution in [-0.2, 0) is 30.5 Å². The number of primary amides is 1. The van der Waals surface area contributed by atoms with E-state index in [1.54, 1.807) is 18.7 Å². The van der Waals surface area contributed by atoms with Crippen molar-refractivity contribution < 1.29 is 33.4 Å². The van der Waals surface area contributed by atoms with Gasteiger partial charge in [0.15, 0.2) is 5.69 Å². The van der Waals surface area contributed by atoms with E-state index in [4.69, 9.17) is 15.2 Å². The number of hydrogen-bond acceptors (Lipinski definition) is 9. The number of nitrogens with zero attached hydrogens (tertiary/aromatic N) is 5. The Morgan fingerprint density at radius 3 is 2.50 bits per heavy atom. The number of carbonyl (C=O) groups excluding carboxylic acids is 5. The van der Waals surface area contributed by atoms with E-state index < -0.39 is 41.4 Å². The Morgan fingerprint density at radius 1 is 1.20 bits per heavy atom. The van der Waals surface area contributed by atoms with Crippen LogP contribution >= 0.6 is 0 Å². The molecule has 2 fully saturated rings. The molecule has 4 rings (SSSR count). The van der Waals surface area contributed by atoms with E-state index in [1.807, 2.05) is 24.3 Å². The number of likely N-dealkylation sites (tertiary alicyclic amines) is 2. The van der Waals surface area contributed by atoms with E-state index >= 15 is 0 Å². The van der Waals surface area contributed by atoms with Crippen molar-refractivity contribution in [2.45, 2.75) is 57.8 Å². The maximum absolute atomic E-state index is 13.5. The SMILES string of the molecule is COc1ccc(Cn2nnc(C(=O)N3CCCC34CN(CC(=O)N[C@H](C(N)=O)[C@@H](C)OC(C)=O)C4=O)c2C)cc1. The molecule has 0 aliphatic carbocycles. The van der Waals surface area contributed by atoms with Crippen molar-refractivity contribution in [3.05, 3.63) is 41.2 Å². The highest BCUT2D eigenvalue weighted by molar-refractivity contribution is 6.03. The van der Waals surface area contributed by atoms with Crippen LogP contribution in [0, 0.1) is 6.92 Å². The molecule has 3 N–H and O–H groups in total. The molecule has 0 bridgehead atoms. The summed E-state index contributed by atoms with van der Waals surface area (Å²) < 4.78 is 11.8. The van der Waals surface area contributed by atoms with Gasteiger partial charge in [0.1, 0.15) is 23.4 Å². The summed E-state index contributed by atoms with van der Waals surface area (Å²) in [4.78, 5) is 65.3. The van der Waals surface area contributed by atoms with Gasteiger partial charge < -0.3 is 30.3 Å². The topological polar surface area (TPSA) is 179 Å². The zero-order valence-electron chi connectivity index (χ0n) is 22.9. The van der Waals surface area contributed by atoms with Gasteiger partial charge in [-0.2, -0.15) is 0 Å². The van der Waals surface area contributed by atoms with Crippen LogP contribution in [0.2, 0.25) is 0 Å². The molecule has 1 aromatic carbocycles. The molecule has 2 aromatic rings. The van der Waals surface area contributed by atoms with Gasteiger partial charge in [0, 0.05) is 13.5 Å². The minimum absolute atomic E-state index is 0.158. The number of rotatable bonds is 10. The molecule has 0 radical (unpaired) electrons. The molecule has 3 heterocycles. The van der Waals surface area contributed by atoms with Gasteiger partial charge in [0.2, 0.25) is 11.8 Å². The number of benzene rings is 1. The Morgan fingerprint density at radius 2 is 1.90 bits per heavy atom. The molecular formula is C26H33N7O7. The highest BCUT2D eigenvalue weighted by atomic mass is 16.5. The van der Waals surface area contributed by atoms with E-state index in [0.717, 1.165) is 11.3 Å². The highest BCUT2D eigenvalue weighted by Crippen LogP contribution is 2.39. The first kappa shape index (κ1) is 28.5. The highest BCUT2D eigenvalue weighted by Gasteiger charge is 2.60. The summed E-state index contributed by atoms with van der Waals surface area (Å²) in [5.41, 5.74) is 5.99. The van der Waals surface area contributed by atoms with Gasteiger partial charge in [0.05, 0.1) is 32.4 Å². The summed E-state index contributed by atoms with van der Waals surface area (Å²) >= 11 is 0. The van der Waals surface area contributed by atoms with E-state index in [1.165, 1.54) is 23.6 Å². The van der Waals surface area contributed by atoms with Crippen LogP contribution in [0.1, 0.15) is 48.4 Å². The maximum Gasteiger partial charge on any atom is 0.302 e. The van der Waals surface area contributed by atoms with Crippen LogP contribution in [0.4, 0.5) is 0 Å². The van der Waals surface area contributed by atoms with Gasteiger partial charge in [-0.1, -0.05) is 17.3 Å². The lowest BCUT2D eigenvalue weighted by Gasteiger charge is -2.50. The second-order valence-electron chi connectivity index (χ2n) is 10.0. The summed E-state index contributed by atoms with van der Waals surface area (Å²) in [6.45, 7) is 4.96. The summed E-state index contributed by atoms with van der Waals surface area (Å²) in [7, 11) is 1.59. The lowest BCUT2D eigenvalue weighted by atomic mass is 9.85. The Balaban J connectivity index is 1.40. The molecule has 2 saturated heterocycles. The first-order valence-corrected chi connectivity index (χ1v) is 12.9. The number of aromatic nitrogens is 3. The van der Waals surface area contributed by atoms with E-state index in [2.05, 4.69) is 15.6 Å². The van der Waals surface area contributed by atoms with Crippen molar-refractivity contribution in [1.82, 2.24) is 30.1 Å². The summed E-state index contributed by atoms with van der Waals surface area (Å²) in [5.74, 6) is -2.17. The number of ether oxygens (including phenoxy) is 2. The Labute approximate surface area is 230 Å². The second kappa shape index (κ2) is 11.3. The van der Waals surface area contributed by atoms with Gasteiger partial charge in [-0.15, -0.1) is 5.10 Å². The number of methoxy groups -OCH3 is 1. The second-order valence-corrected chi connectivity index (χ2v) is 10.0. The zero-order valence-corrected chi connectivity index (χ0v) is 22.9. The third-order valence-corrected chi connectivity index (χ3v) is 7.33. The molecule has 40 heavy (non-hydrogen) atoms. The predicted octanol–water partition coefficient (Wildman–Crippen LogP) is -0.618. The molecule has 0 saturated carbocycles. The fraction of sp³-hybridized carbons (Fsp3) is 0.500. The predicted molar refractivity (Wildman–Crippen MR) is 139 cm³/mol. The van der Waals surface area contributed by atoms with Crippen molar-refractivity contribution in [3.63, 3.8) is 0 Å². The first-order chi connectivity index (χ1) is 19.0. The molecule has 1 unspecified atom stereocenters. The Bertz CT molecular complexity index is 1330. The summed E-state index contributed by atoms with van der Waals surface area (Å²) in [6.07, 6.45) is 0.101. The van der Waals surface area contributed by atoms with Crippen molar-refractivity contribution in [1.29, 1.82) is 0 Å². The molecule has 14 nitrogen and oxygen atoms in total. The minimum Gasteiger partial charge on any atom is -0.497 e. The lowest BCUT2D eigenvalue weighted by Crippen LogP contribution is -2.74. The van der Waals surface area contributed by atoms with Gasteiger partial charge in [-0.25, -0.2) is 4.68 Å². The smallest absolute Gasteiger partial charge is 0.302 e. The molecule has 3 atom stereocenters. The molecule has 2 aliphatic rings. The number of nitrogens with two attached hydrogens (primary N) is 1. The molecule has 4 amide bonds. The average molecular weight is 556 g/mol. The zero-order chi connectivity index (χ0) is 29.2. The molecule has 1 spiro atoms. The Kier molecular flexibility index (Phi) is 8.07. The average Bonchev–Trinajstić information content (AvgIpc) is 3.51. The first-order valence-electron chi connectivity index (χ1n) is 12.9. The van der Waals surface area contributed by atoms with E-state index in [-0.39, 0.29) is 24.7 Å². The standard InChI is InChI=1S/C26H33N7O7/c1-15-21(29-30-33(15)12-18-6-8-19(39-4)9-7-18)24(37)32-11-5-10-26(32)14-31(25(26)38)13-20(35)28-22(23(27)36)16(2)40-17(3)34/h6-9,16,22H,5,10-14H2,1-4H3,(H2,27,36)(H,28,35)/t16-,22+,26?/m1/s1. The van der Waals surface area contributed by atoms with Crippen LogP contribution in [0.15, 0.2) is 24.3 Å². The van der Waals surface area contributed by atoms with Gasteiger partial charge in [-0.05, 0) is 44.4 Å². The normalized spacial score (nSPS) is 19.6. The number of carbonyl (C=O) groups is 5. The molecule has 14 heteroatoms. The van der Waals surface area contributed by atoms with Crippen molar-refractivity contribution in [2.24, 2.45) is 5.73 Å². The summed E-state index contributed by atoms with van der Waals surface area (Å²) in [5, 5.41) is 10.7. The van der Waals surface area contributed by atoms with Crippen LogP contribution < -0.4 is 15.8 Å². The third-order valence-electron chi connectivity index (χ3n) is 7.33. The quantitative estimate of drug-likeness (QED) is 0.285. The largest absolute Gasteiger partial charge is 0.497 e. The lowest BCUT2D eigenvalue weighted by molar-refractivity contribution is -0.161. The fourth-order valence-electron chi connectivity index (χ4n) is 5.23. The molecule has 2 aliphatic heterocycles. The third kappa shape index (κ3) is 5.46. The number of nitrogens with one attached hydrogen (secondary N) is 1. The van der Waals surface area contributed by atoms with Crippen LogP contribution in [-0.4, -0.2) is 98.8 Å². The van der Waals surface area contributed by atoms with Gasteiger partial charge in [0.25, 0.3) is 11.8 Å².